The summed E-state index contributed by atoms with van der Waals surface area (Å²) in [6.07, 6.45) is 3.91. The largest absolute Gasteiger partial charge is 0.329 e. The van der Waals surface area contributed by atoms with E-state index in [-0.39, 0.29) is 5.54 Å². The molecule has 1 aliphatic rings. The third kappa shape index (κ3) is 1.94. The van der Waals surface area contributed by atoms with Crippen molar-refractivity contribution in [2.45, 2.75) is 65.5 Å². The molecule has 90 valence electrons. The van der Waals surface area contributed by atoms with Crippen LogP contribution in [0.1, 0.15) is 53.9 Å². The molecule has 1 saturated carbocycles. The molecule has 0 aliphatic heterocycles. The minimum absolute atomic E-state index is 0.232. The maximum atomic E-state index is 6.12. The quantitative estimate of drug-likeness (QED) is 0.776. The van der Waals surface area contributed by atoms with Crippen molar-refractivity contribution in [3.63, 3.8) is 0 Å². The van der Waals surface area contributed by atoms with Gasteiger partial charge in [-0.2, -0.15) is 0 Å². The highest BCUT2D eigenvalue weighted by Crippen LogP contribution is 2.49. The summed E-state index contributed by atoms with van der Waals surface area (Å²) in [5, 5.41) is 0. The van der Waals surface area contributed by atoms with E-state index in [1.165, 1.54) is 19.3 Å². The highest BCUT2D eigenvalue weighted by molar-refractivity contribution is 5.07. The summed E-state index contributed by atoms with van der Waals surface area (Å²) in [5.74, 6) is 0. The molecule has 15 heavy (non-hydrogen) atoms. The van der Waals surface area contributed by atoms with Gasteiger partial charge in [0.2, 0.25) is 0 Å². The van der Waals surface area contributed by atoms with E-state index in [1.54, 1.807) is 0 Å². The Labute approximate surface area is 95.2 Å². The molecule has 0 aromatic rings. The zero-order valence-corrected chi connectivity index (χ0v) is 11.1. The lowest BCUT2D eigenvalue weighted by Gasteiger charge is -2.51. The summed E-state index contributed by atoms with van der Waals surface area (Å²) in [5.41, 5.74) is 6.71. The molecular weight excluding hydrogens is 184 g/mol. The van der Waals surface area contributed by atoms with Crippen molar-refractivity contribution in [2.24, 2.45) is 11.1 Å². The fourth-order valence-corrected chi connectivity index (χ4v) is 3.58. The van der Waals surface area contributed by atoms with E-state index in [0.717, 1.165) is 13.1 Å². The molecule has 2 nitrogen and oxygen atoms in total. The Morgan fingerprint density at radius 2 is 1.87 bits per heavy atom. The Bertz CT molecular complexity index is 211. The van der Waals surface area contributed by atoms with Gasteiger partial charge in [0, 0.05) is 18.1 Å². The van der Waals surface area contributed by atoms with Crippen molar-refractivity contribution in [1.82, 2.24) is 4.90 Å². The average Bonchev–Trinajstić information content (AvgIpc) is 2.43. The van der Waals surface area contributed by atoms with Gasteiger partial charge in [0.1, 0.15) is 0 Å². The number of hydrogen-bond donors (Lipinski definition) is 1. The van der Waals surface area contributed by atoms with Gasteiger partial charge in [0.25, 0.3) is 0 Å². The minimum Gasteiger partial charge on any atom is -0.329 e. The minimum atomic E-state index is 0.232. The Hall–Kier alpha value is -0.0800. The molecule has 1 rings (SSSR count). The molecule has 0 aromatic heterocycles. The van der Waals surface area contributed by atoms with Gasteiger partial charge >= 0.3 is 0 Å². The van der Waals surface area contributed by atoms with Crippen LogP contribution >= 0.6 is 0 Å². The van der Waals surface area contributed by atoms with Crippen molar-refractivity contribution >= 4 is 0 Å². The Morgan fingerprint density at radius 1 is 1.27 bits per heavy atom. The van der Waals surface area contributed by atoms with Crippen molar-refractivity contribution < 1.29 is 0 Å². The molecule has 0 amide bonds. The van der Waals surface area contributed by atoms with Crippen LogP contribution in [-0.2, 0) is 0 Å². The third-order valence-corrected chi connectivity index (χ3v) is 4.50. The van der Waals surface area contributed by atoms with Gasteiger partial charge in [-0.3, -0.25) is 4.90 Å². The highest BCUT2D eigenvalue weighted by atomic mass is 15.2. The summed E-state index contributed by atoms with van der Waals surface area (Å²) >= 11 is 0. The van der Waals surface area contributed by atoms with Gasteiger partial charge in [0.05, 0.1) is 0 Å². The Kier molecular flexibility index (Phi) is 3.83. The fraction of sp³-hybridized carbons (Fsp3) is 1.00. The van der Waals surface area contributed by atoms with E-state index in [2.05, 4.69) is 39.5 Å². The van der Waals surface area contributed by atoms with E-state index in [0.29, 0.717) is 11.5 Å². The van der Waals surface area contributed by atoms with Gasteiger partial charge in [-0.25, -0.2) is 0 Å². The van der Waals surface area contributed by atoms with Crippen molar-refractivity contribution in [1.29, 1.82) is 0 Å². The van der Waals surface area contributed by atoms with Gasteiger partial charge in [-0.05, 0) is 38.6 Å². The first-order chi connectivity index (χ1) is 6.91. The molecule has 1 aliphatic carbocycles. The van der Waals surface area contributed by atoms with E-state index in [1.807, 2.05) is 0 Å². The molecule has 2 N–H and O–H groups in total. The molecule has 0 radical (unpaired) electrons. The molecule has 1 fully saturated rings. The third-order valence-electron chi connectivity index (χ3n) is 4.50. The highest BCUT2D eigenvalue weighted by Gasteiger charge is 2.51. The van der Waals surface area contributed by atoms with Crippen LogP contribution in [0.5, 0.6) is 0 Å². The number of nitrogens with zero attached hydrogens (tertiary/aromatic N) is 1. The number of rotatable bonds is 4. The maximum absolute atomic E-state index is 6.12. The smallest absolute Gasteiger partial charge is 0.0385 e. The van der Waals surface area contributed by atoms with E-state index >= 15 is 0 Å². The lowest BCUT2D eigenvalue weighted by molar-refractivity contribution is -0.00579. The molecule has 0 heterocycles. The SMILES string of the molecule is CCN(C(C)C)C1(CN)CCCC1(C)C. The lowest BCUT2D eigenvalue weighted by Crippen LogP contribution is -2.61. The van der Waals surface area contributed by atoms with Crippen LogP contribution in [0.25, 0.3) is 0 Å². The second-order valence-corrected chi connectivity index (χ2v) is 5.85. The van der Waals surface area contributed by atoms with Gasteiger partial charge < -0.3 is 5.73 Å². The van der Waals surface area contributed by atoms with Crippen molar-refractivity contribution in [3.8, 4) is 0 Å². The molecule has 2 heteroatoms. The Balaban J connectivity index is 3.02. The summed E-state index contributed by atoms with van der Waals surface area (Å²) in [6, 6.07) is 0.593. The van der Waals surface area contributed by atoms with E-state index in [4.69, 9.17) is 5.73 Å². The summed E-state index contributed by atoms with van der Waals surface area (Å²) in [6.45, 7) is 13.5. The van der Waals surface area contributed by atoms with E-state index < -0.39 is 0 Å². The zero-order valence-electron chi connectivity index (χ0n) is 11.1. The second-order valence-electron chi connectivity index (χ2n) is 5.85. The van der Waals surface area contributed by atoms with Crippen LogP contribution in [-0.4, -0.2) is 29.6 Å². The fourth-order valence-electron chi connectivity index (χ4n) is 3.58. The molecular formula is C13H28N2. The van der Waals surface area contributed by atoms with Crippen molar-refractivity contribution in [3.05, 3.63) is 0 Å². The second kappa shape index (κ2) is 4.42. The lowest BCUT2D eigenvalue weighted by atomic mass is 9.73. The van der Waals surface area contributed by atoms with Crippen molar-refractivity contribution in [2.75, 3.05) is 13.1 Å². The van der Waals surface area contributed by atoms with Gasteiger partial charge in [0.15, 0.2) is 0 Å². The Morgan fingerprint density at radius 3 is 2.13 bits per heavy atom. The predicted molar refractivity (Wildman–Crippen MR) is 66.9 cm³/mol. The summed E-state index contributed by atoms with van der Waals surface area (Å²) in [7, 11) is 0. The molecule has 1 atom stereocenters. The first-order valence-electron chi connectivity index (χ1n) is 6.38. The van der Waals surface area contributed by atoms with Crippen LogP contribution in [0.4, 0.5) is 0 Å². The predicted octanol–water partition coefficient (Wildman–Crippen LogP) is 2.62. The normalized spacial score (nSPS) is 30.4. The molecule has 0 bridgehead atoms. The zero-order chi connectivity index (χ0) is 11.7. The first-order valence-corrected chi connectivity index (χ1v) is 6.38. The van der Waals surface area contributed by atoms with Gasteiger partial charge in [-0.1, -0.05) is 27.2 Å². The van der Waals surface area contributed by atoms with Crippen LogP contribution in [0.3, 0.4) is 0 Å². The summed E-state index contributed by atoms with van der Waals surface area (Å²) in [4.78, 5) is 2.61. The average molecular weight is 212 g/mol. The molecule has 0 saturated heterocycles. The number of likely N-dealkylation sites (N-methyl/N-ethyl adjacent to an activating group) is 1. The number of nitrogens with two attached hydrogens (primary N) is 1. The van der Waals surface area contributed by atoms with Gasteiger partial charge in [-0.15, -0.1) is 0 Å². The molecule has 0 aromatic carbocycles. The summed E-state index contributed by atoms with van der Waals surface area (Å²) < 4.78 is 0. The van der Waals surface area contributed by atoms with Crippen LogP contribution < -0.4 is 5.73 Å². The molecule has 0 spiro atoms. The molecule has 1 unspecified atom stereocenters. The monoisotopic (exact) mass is 212 g/mol. The topological polar surface area (TPSA) is 29.3 Å². The van der Waals surface area contributed by atoms with Crippen LogP contribution in [0, 0.1) is 5.41 Å². The first kappa shape index (κ1) is 13.0. The van der Waals surface area contributed by atoms with Crippen LogP contribution in [0.2, 0.25) is 0 Å². The van der Waals surface area contributed by atoms with E-state index in [9.17, 15) is 0 Å². The van der Waals surface area contributed by atoms with Crippen LogP contribution in [0.15, 0.2) is 0 Å². The standard InChI is InChI=1S/C13H28N2/c1-6-15(11(2)3)13(10-14)9-7-8-12(13,4)5/h11H,6-10,14H2,1-5H3. The maximum Gasteiger partial charge on any atom is 0.0385 e. The number of hydrogen-bond acceptors (Lipinski definition) is 2.